The van der Waals surface area contributed by atoms with Gasteiger partial charge in [-0.25, -0.2) is 9.00 Å². The molecule has 2 amide bonds. The molecule has 1 aliphatic heterocycles. The summed E-state index contributed by atoms with van der Waals surface area (Å²) >= 11 is 0. The lowest BCUT2D eigenvalue weighted by Crippen LogP contribution is -2.35. The number of hydrogen-bond acceptors (Lipinski definition) is 5. The van der Waals surface area contributed by atoms with E-state index in [1.54, 1.807) is 0 Å². The smallest absolute Gasteiger partial charge is 0.370 e. The van der Waals surface area contributed by atoms with Gasteiger partial charge < -0.3 is 9.94 Å². The fraction of sp³-hybridized carbons (Fsp3) is 0.867. The Balaban J connectivity index is 3.01. The molecule has 1 heterocycles. The third kappa shape index (κ3) is 6.87. The Morgan fingerprint density at radius 3 is 2.09 bits per heavy atom. The average Bonchev–Trinajstić information content (AvgIpc) is 2.54. The molecule has 0 aromatic heterocycles. The zero-order valence-corrected chi connectivity index (χ0v) is 15.6. The summed E-state index contributed by atoms with van der Waals surface area (Å²) in [7, 11) is -2.85. The van der Waals surface area contributed by atoms with Gasteiger partial charge in [0.2, 0.25) is 0 Å². The maximum absolute atomic E-state index is 13.1. The third-order valence-electron chi connectivity index (χ3n) is 2.87. The summed E-state index contributed by atoms with van der Waals surface area (Å²) in [6, 6.07) is 0. The fourth-order valence-corrected chi connectivity index (χ4v) is 5.71. The van der Waals surface area contributed by atoms with E-state index in [0.717, 1.165) is 0 Å². The second-order valence-corrected chi connectivity index (χ2v) is 10.7. The number of aliphatic hydroxyl groups excluding tert-OH is 1. The van der Waals surface area contributed by atoms with Gasteiger partial charge in [0, 0.05) is 24.3 Å². The van der Waals surface area contributed by atoms with Crippen molar-refractivity contribution in [2.24, 2.45) is 15.2 Å². The van der Waals surface area contributed by atoms with Crippen molar-refractivity contribution >= 4 is 21.7 Å². The largest absolute Gasteiger partial charge is 0.466 e. The van der Waals surface area contributed by atoms with Crippen molar-refractivity contribution in [3.8, 4) is 0 Å². The third-order valence-corrected chi connectivity index (χ3v) is 5.98. The first-order valence-electron chi connectivity index (χ1n) is 7.65. The number of aliphatic hydroxyl groups is 1. The van der Waals surface area contributed by atoms with Crippen LogP contribution in [0.25, 0.3) is 0 Å². The minimum absolute atomic E-state index is 0.105. The quantitative estimate of drug-likeness (QED) is 0.845. The lowest BCUT2D eigenvalue weighted by atomic mass is 10.0. The van der Waals surface area contributed by atoms with Crippen LogP contribution in [0.2, 0.25) is 0 Å². The zero-order chi connectivity index (χ0) is 18.1. The molecule has 0 aromatic carbocycles. The molecule has 1 fully saturated rings. The molecule has 0 aromatic rings. The molecular formula is C15H28N2O5S. The summed E-state index contributed by atoms with van der Waals surface area (Å²) < 4.78 is 16.9. The van der Waals surface area contributed by atoms with Crippen molar-refractivity contribution in [3.05, 3.63) is 0 Å². The molecule has 1 rings (SSSR count). The molecule has 0 radical (unpaired) electrons. The molecule has 7 nitrogen and oxygen atoms in total. The van der Waals surface area contributed by atoms with Crippen LogP contribution in [0.4, 0.5) is 4.79 Å². The van der Waals surface area contributed by atoms with Crippen molar-refractivity contribution in [3.63, 3.8) is 0 Å². The number of carbonyl (C=O) groups is 2. The van der Waals surface area contributed by atoms with E-state index in [-0.39, 0.29) is 35.2 Å². The summed E-state index contributed by atoms with van der Waals surface area (Å²) in [5.74, 6) is -0.00894. The molecule has 8 heteroatoms. The first-order chi connectivity index (χ1) is 10.2. The zero-order valence-electron chi connectivity index (χ0n) is 14.8. The van der Waals surface area contributed by atoms with Gasteiger partial charge in [-0.15, -0.1) is 9.43 Å². The number of rotatable bonds is 3. The topological polar surface area (TPSA) is 96.3 Å². The predicted molar refractivity (Wildman–Crippen MR) is 87.8 cm³/mol. The summed E-state index contributed by atoms with van der Waals surface area (Å²) in [6.45, 7) is 11.5. The Morgan fingerprint density at radius 2 is 1.74 bits per heavy atom. The SMILES string of the molecule is CC(C)(C)CS(=O)(CC(C)(C)C)=NC(=O)ON1C(=O)CCC1O. The average molecular weight is 348 g/mol. The molecule has 1 N–H and O–H groups in total. The van der Waals surface area contributed by atoms with Crippen molar-refractivity contribution in [2.45, 2.75) is 60.6 Å². The van der Waals surface area contributed by atoms with E-state index in [9.17, 15) is 18.9 Å². The van der Waals surface area contributed by atoms with E-state index in [1.165, 1.54) is 0 Å². The van der Waals surface area contributed by atoms with Gasteiger partial charge in [-0.05, 0) is 10.8 Å². The van der Waals surface area contributed by atoms with Gasteiger partial charge >= 0.3 is 6.09 Å². The molecule has 0 aliphatic carbocycles. The molecular weight excluding hydrogens is 320 g/mol. The number of carbonyl (C=O) groups excluding carboxylic acids is 2. The lowest BCUT2D eigenvalue weighted by molar-refractivity contribution is -0.188. The van der Waals surface area contributed by atoms with Crippen LogP contribution in [-0.2, 0) is 19.4 Å². The minimum atomic E-state index is -2.85. The van der Waals surface area contributed by atoms with E-state index in [1.807, 2.05) is 41.5 Å². The fourth-order valence-electron chi connectivity index (χ4n) is 2.46. The highest BCUT2D eigenvalue weighted by Crippen LogP contribution is 2.25. The van der Waals surface area contributed by atoms with E-state index in [2.05, 4.69) is 4.36 Å². The molecule has 1 unspecified atom stereocenters. The number of hydrogen-bond donors (Lipinski definition) is 1. The van der Waals surface area contributed by atoms with Gasteiger partial charge in [0.25, 0.3) is 5.91 Å². The summed E-state index contributed by atoms with van der Waals surface area (Å²) in [5.41, 5.74) is -0.565. The van der Waals surface area contributed by atoms with Gasteiger partial charge in [-0.3, -0.25) is 4.79 Å². The Labute approximate surface area is 138 Å². The van der Waals surface area contributed by atoms with Crippen LogP contribution in [0.5, 0.6) is 0 Å². The number of amides is 2. The monoisotopic (exact) mass is 348 g/mol. The first-order valence-corrected chi connectivity index (χ1v) is 9.51. The van der Waals surface area contributed by atoms with Gasteiger partial charge in [0.05, 0.1) is 9.73 Å². The van der Waals surface area contributed by atoms with E-state index < -0.39 is 28.0 Å². The maximum atomic E-state index is 13.1. The Morgan fingerprint density at radius 1 is 1.26 bits per heavy atom. The maximum Gasteiger partial charge on any atom is 0.466 e. The molecule has 134 valence electrons. The van der Waals surface area contributed by atoms with Crippen LogP contribution >= 0.6 is 0 Å². The highest BCUT2D eigenvalue weighted by Gasteiger charge is 2.34. The predicted octanol–water partition coefficient (Wildman–Crippen LogP) is 2.54. The Bertz CT molecular complexity index is 558. The molecule has 1 aliphatic rings. The van der Waals surface area contributed by atoms with Crippen LogP contribution in [-0.4, -0.2) is 44.1 Å². The van der Waals surface area contributed by atoms with E-state index >= 15 is 0 Å². The second-order valence-electron chi connectivity index (χ2n) is 8.37. The van der Waals surface area contributed by atoms with Crippen LogP contribution in [0.1, 0.15) is 54.4 Å². The minimum Gasteiger partial charge on any atom is -0.370 e. The van der Waals surface area contributed by atoms with E-state index in [0.29, 0.717) is 5.06 Å². The molecule has 0 bridgehead atoms. The summed E-state index contributed by atoms with van der Waals surface area (Å²) in [6.07, 6.45) is -1.96. The van der Waals surface area contributed by atoms with Crippen LogP contribution < -0.4 is 0 Å². The second kappa shape index (κ2) is 6.76. The molecule has 1 atom stereocenters. The summed E-state index contributed by atoms with van der Waals surface area (Å²) in [5, 5.41) is 10.2. The van der Waals surface area contributed by atoms with Crippen LogP contribution in [0, 0.1) is 10.8 Å². The van der Waals surface area contributed by atoms with Crippen molar-refractivity contribution in [1.29, 1.82) is 0 Å². The van der Waals surface area contributed by atoms with Crippen molar-refractivity contribution < 1.29 is 23.7 Å². The Kier molecular flexibility index (Phi) is 5.85. The lowest BCUT2D eigenvalue weighted by Gasteiger charge is -2.26. The number of nitrogens with zero attached hydrogens (tertiary/aromatic N) is 2. The standard InChI is InChI=1S/C15H28N2O5S/c1-14(2,3)9-23(21,10-15(4,5)6)16-13(20)22-17-11(18)7-8-12(17)19/h11,18H,7-10H2,1-6H3. The van der Waals surface area contributed by atoms with Gasteiger partial charge in [0.1, 0.15) is 0 Å². The molecule has 0 saturated carbocycles. The number of hydroxylamine groups is 2. The van der Waals surface area contributed by atoms with Crippen LogP contribution in [0.15, 0.2) is 4.36 Å². The van der Waals surface area contributed by atoms with E-state index in [4.69, 9.17) is 4.84 Å². The normalized spacial score (nSPS) is 19.9. The highest BCUT2D eigenvalue weighted by molar-refractivity contribution is 7.93. The Hall–Kier alpha value is -1.15. The summed E-state index contributed by atoms with van der Waals surface area (Å²) in [4.78, 5) is 28.3. The van der Waals surface area contributed by atoms with Crippen LogP contribution in [0.3, 0.4) is 0 Å². The molecule has 1 saturated heterocycles. The van der Waals surface area contributed by atoms with Gasteiger partial charge in [-0.1, -0.05) is 41.5 Å². The van der Waals surface area contributed by atoms with Crippen molar-refractivity contribution in [2.75, 3.05) is 11.5 Å². The van der Waals surface area contributed by atoms with Crippen molar-refractivity contribution in [1.82, 2.24) is 5.06 Å². The molecule has 23 heavy (non-hydrogen) atoms. The molecule has 0 spiro atoms. The van der Waals surface area contributed by atoms with Gasteiger partial charge in [0.15, 0.2) is 6.23 Å². The highest BCUT2D eigenvalue weighted by atomic mass is 32.2. The first kappa shape index (κ1) is 19.9. The van der Waals surface area contributed by atoms with Gasteiger partial charge in [-0.2, -0.15) is 0 Å².